The number of nitrogens with one attached hydrogen (secondary N) is 1. The van der Waals surface area contributed by atoms with Gasteiger partial charge in [0, 0.05) is 12.0 Å². The molecule has 0 aliphatic heterocycles. The molecule has 1 heterocycles. The molecule has 0 saturated heterocycles. The minimum absolute atomic E-state index is 0.160. The molecule has 0 bridgehead atoms. The van der Waals surface area contributed by atoms with Gasteiger partial charge in [0.05, 0.1) is 23.3 Å². The quantitative estimate of drug-likeness (QED) is 0.342. The van der Waals surface area contributed by atoms with Crippen LogP contribution in [0.3, 0.4) is 0 Å². The van der Waals surface area contributed by atoms with Gasteiger partial charge in [0.1, 0.15) is 0 Å². The van der Waals surface area contributed by atoms with Crippen LogP contribution in [0, 0.1) is 22.0 Å². The van der Waals surface area contributed by atoms with Crippen molar-refractivity contribution in [1.82, 2.24) is 4.98 Å². The van der Waals surface area contributed by atoms with Gasteiger partial charge in [-0.25, -0.2) is 4.79 Å². The van der Waals surface area contributed by atoms with Gasteiger partial charge in [0.15, 0.2) is 0 Å². The molecule has 17 heavy (non-hydrogen) atoms. The van der Waals surface area contributed by atoms with Crippen LogP contribution >= 0.6 is 0 Å². The second-order valence-electron chi connectivity index (χ2n) is 2.83. The number of hydrogen-bond acceptors (Lipinski definition) is 5. The largest absolute Gasteiger partial charge is 0.456 e. The van der Waals surface area contributed by atoms with Crippen molar-refractivity contribution in [2.45, 2.75) is 6.92 Å². The van der Waals surface area contributed by atoms with Crippen molar-refractivity contribution in [1.29, 1.82) is 0 Å². The van der Waals surface area contributed by atoms with Crippen LogP contribution in [0.1, 0.15) is 12.5 Å². The summed E-state index contributed by atoms with van der Waals surface area (Å²) in [5, 5.41) is 10.4. The summed E-state index contributed by atoms with van der Waals surface area (Å²) < 4.78 is 4.52. The first-order valence-electron chi connectivity index (χ1n) is 4.60. The Morgan fingerprint density at radius 3 is 2.94 bits per heavy atom. The molecule has 0 aliphatic rings. The monoisotopic (exact) mass is 236 g/mol. The number of ether oxygens (including phenoxy) is 1. The summed E-state index contributed by atoms with van der Waals surface area (Å²) in [5.74, 6) is 3.48. The Balaban J connectivity index is 3.05. The van der Waals surface area contributed by atoms with Gasteiger partial charge in [-0.05, 0) is 12.8 Å². The molecule has 0 fully saturated rings. The van der Waals surface area contributed by atoms with Crippen molar-refractivity contribution < 1.29 is 14.5 Å². The van der Waals surface area contributed by atoms with Gasteiger partial charge in [-0.3, -0.25) is 14.9 Å². The predicted octanol–water partition coefficient (Wildman–Crippen LogP) is 0.198. The second-order valence-corrected chi connectivity index (χ2v) is 2.83. The number of pyridine rings is 1. The topological polar surface area (TPSA) is 102 Å². The highest BCUT2D eigenvalue weighted by atomic mass is 16.6. The summed E-state index contributed by atoms with van der Waals surface area (Å²) in [6.45, 7) is 1.78. The standard InChI is InChI=1S/C10H8N2O5/c1-2-17-9(13)4-3-7-5-8(12(15)16)6-11-10(7)14/h5-6H,2H2,1H3,(H,11,14). The van der Waals surface area contributed by atoms with Crippen LogP contribution in [0.25, 0.3) is 0 Å². The number of aromatic nitrogens is 1. The average Bonchev–Trinajstić information content (AvgIpc) is 2.28. The van der Waals surface area contributed by atoms with E-state index < -0.39 is 16.5 Å². The lowest BCUT2D eigenvalue weighted by atomic mass is 10.2. The highest BCUT2D eigenvalue weighted by Gasteiger charge is 2.08. The fourth-order valence-electron chi connectivity index (χ4n) is 0.956. The van der Waals surface area contributed by atoms with Crippen molar-refractivity contribution in [3.05, 3.63) is 38.3 Å². The molecule has 7 nitrogen and oxygen atoms in total. The van der Waals surface area contributed by atoms with Crippen molar-refractivity contribution in [2.24, 2.45) is 0 Å². The van der Waals surface area contributed by atoms with E-state index >= 15 is 0 Å². The SMILES string of the molecule is CCOC(=O)C#Cc1cc([N+](=O)[O-])c[nH]c1=O. The third-order valence-corrected chi connectivity index (χ3v) is 1.67. The van der Waals surface area contributed by atoms with Crippen molar-refractivity contribution in [3.8, 4) is 11.8 Å². The zero-order valence-corrected chi connectivity index (χ0v) is 8.85. The van der Waals surface area contributed by atoms with Gasteiger partial charge < -0.3 is 9.72 Å². The first kappa shape index (κ1) is 12.4. The molecular weight excluding hydrogens is 228 g/mol. The van der Waals surface area contributed by atoms with Gasteiger partial charge in [-0.15, -0.1) is 0 Å². The third kappa shape index (κ3) is 3.46. The van der Waals surface area contributed by atoms with Crippen molar-refractivity contribution in [3.63, 3.8) is 0 Å². The molecule has 0 saturated carbocycles. The molecule has 0 amide bonds. The molecule has 0 aliphatic carbocycles. The fraction of sp³-hybridized carbons (Fsp3) is 0.200. The Morgan fingerprint density at radius 2 is 2.35 bits per heavy atom. The first-order valence-corrected chi connectivity index (χ1v) is 4.60. The Labute approximate surface area is 95.6 Å². The van der Waals surface area contributed by atoms with E-state index in [2.05, 4.69) is 21.6 Å². The molecule has 1 rings (SSSR count). The van der Waals surface area contributed by atoms with Crippen molar-refractivity contribution >= 4 is 11.7 Å². The number of H-pyrrole nitrogens is 1. The fourth-order valence-corrected chi connectivity index (χ4v) is 0.956. The Hall–Kier alpha value is -2.62. The maximum Gasteiger partial charge on any atom is 0.384 e. The van der Waals surface area contributed by atoms with E-state index in [-0.39, 0.29) is 17.9 Å². The van der Waals surface area contributed by atoms with Crippen molar-refractivity contribution in [2.75, 3.05) is 6.61 Å². The zero-order chi connectivity index (χ0) is 12.8. The van der Waals surface area contributed by atoms with Gasteiger partial charge in [0.25, 0.3) is 11.2 Å². The smallest absolute Gasteiger partial charge is 0.384 e. The Bertz CT molecular complexity index is 564. The lowest BCUT2D eigenvalue weighted by Crippen LogP contribution is -2.10. The summed E-state index contributed by atoms with van der Waals surface area (Å²) in [6, 6.07) is 0.991. The summed E-state index contributed by atoms with van der Waals surface area (Å²) in [7, 11) is 0. The molecule has 0 aromatic carbocycles. The molecule has 1 aromatic heterocycles. The van der Waals surface area contributed by atoms with E-state index in [0.29, 0.717) is 0 Å². The molecule has 0 spiro atoms. The highest BCUT2D eigenvalue weighted by molar-refractivity contribution is 5.89. The molecule has 1 N–H and O–H groups in total. The maximum atomic E-state index is 11.2. The molecule has 88 valence electrons. The first-order chi connectivity index (χ1) is 8.04. The normalized spacial score (nSPS) is 9.00. The second kappa shape index (κ2) is 5.46. The average molecular weight is 236 g/mol. The number of nitrogens with zero attached hydrogens (tertiary/aromatic N) is 1. The molecule has 0 atom stereocenters. The van der Waals surface area contributed by atoms with Crippen LogP contribution in [0.15, 0.2) is 17.1 Å². The van der Waals surface area contributed by atoms with Gasteiger partial charge in [-0.1, -0.05) is 0 Å². The predicted molar refractivity (Wildman–Crippen MR) is 57.2 cm³/mol. The van der Waals surface area contributed by atoms with Crippen LogP contribution in [-0.4, -0.2) is 22.5 Å². The van der Waals surface area contributed by atoms with Crippen LogP contribution < -0.4 is 5.56 Å². The molecule has 7 heteroatoms. The number of aromatic amines is 1. The molecule has 0 radical (unpaired) electrons. The van der Waals surface area contributed by atoms with Crippen LogP contribution in [-0.2, 0) is 9.53 Å². The number of carbonyl (C=O) groups is 1. The van der Waals surface area contributed by atoms with Crippen LogP contribution in [0.4, 0.5) is 5.69 Å². The lowest BCUT2D eigenvalue weighted by Gasteiger charge is -1.92. The van der Waals surface area contributed by atoms with E-state index in [9.17, 15) is 19.7 Å². The van der Waals surface area contributed by atoms with E-state index in [4.69, 9.17) is 0 Å². The summed E-state index contributed by atoms with van der Waals surface area (Å²) in [4.78, 5) is 34.1. The van der Waals surface area contributed by atoms with Gasteiger partial charge in [-0.2, -0.15) is 0 Å². The number of esters is 1. The number of carbonyl (C=O) groups excluding carboxylic acids is 1. The van der Waals surface area contributed by atoms with E-state index in [1.54, 1.807) is 6.92 Å². The Morgan fingerprint density at radius 1 is 1.65 bits per heavy atom. The minimum atomic E-state index is -0.793. The van der Waals surface area contributed by atoms with Gasteiger partial charge in [0.2, 0.25) is 0 Å². The molecule has 0 unspecified atom stereocenters. The molecular formula is C10H8N2O5. The van der Waals surface area contributed by atoms with Crippen LogP contribution in [0.2, 0.25) is 0 Å². The Kier molecular flexibility index (Phi) is 4.00. The van der Waals surface area contributed by atoms with E-state index in [0.717, 1.165) is 12.3 Å². The van der Waals surface area contributed by atoms with Crippen LogP contribution in [0.5, 0.6) is 0 Å². The molecule has 1 aromatic rings. The summed E-state index contributed by atoms with van der Waals surface area (Å²) >= 11 is 0. The number of nitro groups is 1. The number of hydrogen-bond donors (Lipinski definition) is 1. The van der Waals surface area contributed by atoms with E-state index in [1.165, 1.54) is 0 Å². The van der Waals surface area contributed by atoms with Gasteiger partial charge >= 0.3 is 5.97 Å². The summed E-state index contributed by atoms with van der Waals surface area (Å²) in [5.41, 5.74) is -1.07. The minimum Gasteiger partial charge on any atom is -0.456 e. The number of rotatable bonds is 2. The summed E-state index contributed by atoms with van der Waals surface area (Å²) in [6.07, 6.45) is 0.956. The maximum absolute atomic E-state index is 11.2. The zero-order valence-electron chi connectivity index (χ0n) is 8.85. The highest BCUT2D eigenvalue weighted by Crippen LogP contribution is 2.06. The van der Waals surface area contributed by atoms with E-state index in [1.807, 2.05) is 0 Å². The third-order valence-electron chi connectivity index (χ3n) is 1.67. The lowest BCUT2D eigenvalue weighted by molar-refractivity contribution is -0.385.